The van der Waals surface area contributed by atoms with Crippen LogP contribution in [0.2, 0.25) is 0 Å². The fourth-order valence-corrected chi connectivity index (χ4v) is 3.38. The van der Waals surface area contributed by atoms with Gasteiger partial charge in [-0.1, -0.05) is 19.3 Å². The first-order valence-electron chi connectivity index (χ1n) is 7.37. The maximum atomic E-state index is 12.8. The van der Waals surface area contributed by atoms with E-state index in [1.54, 1.807) is 0 Å². The summed E-state index contributed by atoms with van der Waals surface area (Å²) in [5.41, 5.74) is 5.29. The number of rotatable bonds is 2. The monoisotopic (exact) mass is 303 g/mol. The van der Waals surface area contributed by atoms with Gasteiger partial charge in [-0.2, -0.15) is 0 Å². The number of nitrogens with two attached hydrogens (primary N) is 1. The second kappa shape index (κ2) is 7.27. The molecule has 20 heavy (non-hydrogen) atoms. The van der Waals surface area contributed by atoms with E-state index in [1.165, 1.54) is 6.92 Å². The molecule has 0 bridgehead atoms. The first kappa shape index (κ1) is 17.2. The average molecular weight is 304 g/mol. The molecule has 2 amide bonds. The molecule has 5 nitrogen and oxygen atoms in total. The van der Waals surface area contributed by atoms with Gasteiger partial charge >= 0.3 is 0 Å². The summed E-state index contributed by atoms with van der Waals surface area (Å²) in [5.74, 6) is -0.0332. The van der Waals surface area contributed by atoms with Gasteiger partial charge in [0.25, 0.3) is 0 Å². The number of nitrogens with one attached hydrogen (secondary N) is 1. The Morgan fingerprint density at radius 2 is 1.85 bits per heavy atom. The molecule has 1 heterocycles. The number of likely N-dealkylation sites (tertiary alicyclic amines) is 1. The molecule has 2 aliphatic rings. The van der Waals surface area contributed by atoms with Crippen LogP contribution in [0.15, 0.2) is 0 Å². The second-order valence-corrected chi connectivity index (χ2v) is 5.98. The zero-order chi connectivity index (χ0) is 13.9. The number of piperidine rings is 1. The van der Waals surface area contributed by atoms with Crippen molar-refractivity contribution in [3.8, 4) is 0 Å². The van der Waals surface area contributed by atoms with Crippen molar-refractivity contribution in [1.29, 1.82) is 0 Å². The summed E-state index contributed by atoms with van der Waals surface area (Å²) in [6, 6.07) is 0.0793. The standard InChI is InChI=1S/C14H25N3O2.ClH/c1-11(18)16-14(7-3-2-4-8-14)13(19)17-9-5-6-12(15)10-17;/h12H,2-10,15H2,1H3,(H,16,18);1H. The molecule has 0 radical (unpaired) electrons. The lowest BCUT2D eigenvalue weighted by Crippen LogP contribution is -2.62. The molecule has 0 aromatic rings. The van der Waals surface area contributed by atoms with Crippen LogP contribution in [-0.2, 0) is 9.59 Å². The molecule has 1 atom stereocenters. The first-order chi connectivity index (χ1) is 9.03. The fraction of sp³-hybridized carbons (Fsp3) is 0.857. The molecule has 3 N–H and O–H groups in total. The highest BCUT2D eigenvalue weighted by Crippen LogP contribution is 2.31. The molecule has 1 saturated carbocycles. The molecule has 2 rings (SSSR count). The predicted molar refractivity (Wildman–Crippen MR) is 80.7 cm³/mol. The van der Waals surface area contributed by atoms with Gasteiger partial charge in [-0.15, -0.1) is 12.4 Å². The van der Waals surface area contributed by atoms with Crippen molar-refractivity contribution in [3.63, 3.8) is 0 Å². The van der Waals surface area contributed by atoms with E-state index in [9.17, 15) is 9.59 Å². The van der Waals surface area contributed by atoms with Crippen LogP contribution in [0.4, 0.5) is 0 Å². The fourth-order valence-electron chi connectivity index (χ4n) is 3.38. The van der Waals surface area contributed by atoms with Crippen LogP contribution in [0, 0.1) is 0 Å². The van der Waals surface area contributed by atoms with Crippen LogP contribution in [0.3, 0.4) is 0 Å². The van der Waals surface area contributed by atoms with Crippen molar-refractivity contribution in [2.45, 2.75) is 63.5 Å². The van der Waals surface area contributed by atoms with Crippen molar-refractivity contribution in [2.24, 2.45) is 5.73 Å². The molecule has 1 saturated heterocycles. The summed E-state index contributed by atoms with van der Waals surface area (Å²) < 4.78 is 0. The highest BCUT2D eigenvalue weighted by Gasteiger charge is 2.43. The van der Waals surface area contributed by atoms with Gasteiger partial charge in [-0.25, -0.2) is 0 Å². The number of nitrogens with zero attached hydrogens (tertiary/aromatic N) is 1. The maximum absolute atomic E-state index is 12.8. The minimum Gasteiger partial charge on any atom is -0.342 e. The van der Waals surface area contributed by atoms with Gasteiger partial charge in [0, 0.05) is 26.1 Å². The molecular weight excluding hydrogens is 278 g/mol. The van der Waals surface area contributed by atoms with Gasteiger partial charge < -0.3 is 16.0 Å². The third kappa shape index (κ3) is 3.85. The Morgan fingerprint density at radius 3 is 2.40 bits per heavy atom. The molecule has 0 spiro atoms. The van der Waals surface area contributed by atoms with Gasteiger partial charge in [0.05, 0.1) is 0 Å². The summed E-state index contributed by atoms with van der Waals surface area (Å²) in [5, 5.41) is 2.94. The Morgan fingerprint density at radius 1 is 1.20 bits per heavy atom. The number of carbonyl (C=O) groups excluding carboxylic acids is 2. The lowest BCUT2D eigenvalue weighted by Gasteiger charge is -2.42. The molecule has 0 aromatic heterocycles. The quantitative estimate of drug-likeness (QED) is 0.805. The molecular formula is C14H26ClN3O2. The van der Waals surface area contributed by atoms with Crippen molar-refractivity contribution < 1.29 is 9.59 Å². The van der Waals surface area contributed by atoms with Gasteiger partial charge in [0.2, 0.25) is 11.8 Å². The van der Waals surface area contributed by atoms with E-state index in [-0.39, 0.29) is 30.3 Å². The van der Waals surface area contributed by atoms with E-state index in [2.05, 4.69) is 5.32 Å². The first-order valence-corrected chi connectivity index (χ1v) is 7.37. The van der Waals surface area contributed by atoms with E-state index < -0.39 is 5.54 Å². The Balaban J connectivity index is 0.00000200. The third-order valence-electron chi connectivity index (χ3n) is 4.28. The van der Waals surface area contributed by atoms with Crippen LogP contribution in [0.25, 0.3) is 0 Å². The van der Waals surface area contributed by atoms with Crippen molar-refractivity contribution >= 4 is 24.2 Å². The van der Waals surface area contributed by atoms with Crippen molar-refractivity contribution in [2.75, 3.05) is 13.1 Å². The number of halogens is 1. The number of hydrogen-bond donors (Lipinski definition) is 2. The number of amides is 2. The Labute approximate surface area is 127 Å². The van der Waals surface area contributed by atoms with Gasteiger partial charge in [0.1, 0.15) is 5.54 Å². The highest BCUT2D eigenvalue weighted by molar-refractivity contribution is 5.91. The maximum Gasteiger partial charge on any atom is 0.248 e. The SMILES string of the molecule is CC(=O)NC1(C(=O)N2CCCC(N)C2)CCCCC1.Cl. The molecule has 1 aliphatic carbocycles. The molecule has 1 aliphatic heterocycles. The Hall–Kier alpha value is -0.810. The summed E-state index contributed by atoms with van der Waals surface area (Å²) in [6.07, 6.45) is 6.63. The van der Waals surface area contributed by atoms with E-state index in [4.69, 9.17) is 5.73 Å². The minimum atomic E-state index is -0.666. The Bertz CT molecular complexity index is 356. The minimum absolute atomic E-state index is 0. The lowest BCUT2D eigenvalue weighted by molar-refractivity contribution is -0.144. The summed E-state index contributed by atoms with van der Waals surface area (Å²) >= 11 is 0. The normalized spacial score (nSPS) is 25.5. The van der Waals surface area contributed by atoms with Gasteiger partial charge in [-0.05, 0) is 25.7 Å². The highest BCUT2D eigenvalue weighted by atomic mass is 35.5. The van der Waals surface area contributed by atoms with Gasteiger partial charge in [-0.3, -0.25) is 9.59 Å². The van der Waals surface area contributed by atoms with Crippen LogP contribution in [0.1, 0.15) is 51.9 Å². The lowest BCUT2D eigenvalue weighted by atomic mass is 9.80. The van der Waals surface area contributed by atoms with Crippen LogP contribution in [-0.4, -0.2) is 41.4 Å². The van der Waals surface area contributed by atoms with Crippen LogP contribution in [0.5, 0.6) is 0 Å². The molecule has 2 fully saturated rings. The van der Waals surface area contributed by atoms with Crippen molar-refractivity contribution in [3.05, 3.63) is 0 Å². The van der Waals surface area contributed by atoms with Crippen molar-refractivity contribution in [1.82, 2.24) is 10.2 Å². The van der Waals surface area contributed by atoms with Crippen LogP contribution >= 0.6 is 12.4 Å². The zero-order valence-corrected chi connectivity index (χ0v) is 13.0. The van der Waals surface area contributed by atoms with E-state index in [1.807, 2.05) is 4.90 Å². The second-order valence-electron chi connectivity index (χ2n) is 5.98. The van der Waals surface area contributed by atoms with Gasteiger partial charge in [0.15, 0.2) is 0 Å². The molecule has 6 heteroatoms. The Kier molecular flexibility index (Phi) is 6.27. The number of hydrogen-bond acceptors (Lipinski definition) is 3. The van der Waals surface area contributed by atoms with E-state index >= 15 is 0 Å². The summed E-state index contributed by atoms with van der Waals surface area (Å²) in [6.45, 7) is 2.89. The predicted octanol–water partition coefficient (Wildman–Crippen LogP) is 1.20. The number of carbonyl (C=O) groups is 2. The average Bonchev–Trinajstić information content (AvgIpc) is 2.38. The van der Waals surface area contributed by atoms with E-state index in [0.717, 1.165) is 51.5 Å². The summed E-state index contributed by atoms with van der Waals surface area (Å²) in [7, 11) is 0. The molecule has 0 aromatic carbocycles. The zero-order valence-electron chi connectivity index (χ0n) is 12.2. The molecule has 1 unspecified atom stereocenters. The summed E-state index contributed by atoms with van der Waals surface area (Å²) in [4.78, 5) is 26.1. The third-order valence-corrected chi connectivity index (χ3v) is 4.28. The smallest absolute Gasteiger partial charge is 0.248 e. The van der Waals surface area contributed by atoms with E-state index in [0.29, 0.717) is 6.54 Å². The van der Waals surface area contributed by atoms with Crippen LogP contribution < -0.4 is 11.1 Å². The largest absolute Gasteiger partial charge is 0.342 e. The topological polar surface area (TPSA) is 75.4 Å². The molecule has 116 valence electrons.